The molecule has 1 heterocycles. The van der Waals surface area contributed by atoms with Crippen molar-refractivity contribution in [1.82, 2.24) is 5.32 Å². The van der Waals surface area contributed by atoms with Crippen molar-refractivity contribution in [2.45, 2.75) is 26.3 Å². The van der Waals surface area contributed by atoms with Gasteiger partial charge in [-0.15, -0.1) is 11.3 Å². The number of halogens is 1. The van der Waals surface area contributed by atoms with Gasteiger partial charge in [0.15, 0.2) is 0 Å². The fraction of sp³-hybridized carbons (Fsp3) is 0.400. The molecule has 0 saturated heterocycles. The highest BCUT2D eigenvalue weighted by Gasteiger charge is 2.18. The quantitative estimate of drug-likeness (QED) is 0.831. The molecule has 3 N–H and O–H groups in total. The number of hydrogen-bond acceptors (Lipinski definition) is 3. The molecule has 0 bridgehead atoms. The van der Waals surface area contributed by atoms with Crippen LogP contribution >= 0.6 is 35.2 Å². The molecule has 6 heteroatoms. The van der Waals surface area contributed by atoms with Crippen LogP contribution in [0.15, 0.2) is 5.38 Å². The van der Waals surface area contributed by atoms with Crippen LogP contribution in [0, 0.1) is 6.92 Å². The summed E-state index contributed by atoms with van der Waals surface area (Å²) in [5, 5.41) is 5.10. The van der Waals surface area contributed by atoms with Gasteiger partial charge in [-0.25, -0.2) is 0 Å². The van der Waals surface area contributed by atoms with E-state index < -0.39 is 0 Å². The summed E-state index contributed by atoms with van der Waals surface area (Å²) in [6.45, 7) is 3.77. The highest BCUT2D eigenvalue weighted by Crippen LogP contribution is 2.26. The van der Waals surface area contributed by atoms with E-state index >= 15 is 0 Å². The van der Waals surface area contributed by atoms with E-state index in [1.54, 1.807) is 0 Å². The average Bonchev–Trinajstić information content (AvgIpc) is 2.55. The summed E-state index contributed by atoms with van der Waals surface area (Å²) in [7, 11) is 0. The summed E-state index contributed by atoms with van der Waals surface area (Å²) in [5.74, 6) is -0.220. The number of thiophene rings is 1. The van der Waals surface area contributed by atoms with Gasteiger partial charge in [0.2, 0.25) is 0 Å². The van der Waals surface area contributed by atoms with Crippen LogP contribution in [0.4, 0.5) is 0 Å². The summed E-state index contributed by atoms with van der Waals surface area (Å²) < 4.78 is 0. The first-order chi connectivity index (χ1) is 7.47. The minimum Gasteiger partial charge on any atom is -0.392 e. The largest absolute Gasteiger partial charge is 0.392 e. The van der Waals surface area contributed by atoms with Gasteiger partial charge in [0, 0.05) is 0 Å². The number of hydrogen-bond donors (Lipinski definition) is 2. The maximum atomic E-state index is 11.9. The predicted molar refractivity (Wildman–Crippen MR) is 72.4 cm³/mol. The van der Waals surface area contributed by atoms with Gasteiger partial charge >= 0.3 is 0 Å². The molecule has 0 spiro atoms. The van der Waals surface area contributed by atoms with Crippen molar-refractivity contribution in [1.29, 1.82) is 0 Å². The number of amides is 1. The van der Waals surface area contributed by atoms with Crippen LogP contribution < -0.4 is 11.1 Å². The molecule has 88 valence electrons. The van der Waals surface area contributed by atoms with Crippen molar-refractivity contribution in [3.05, 3.63) is 20.8 Å². The van der Waals surface area contributed by atoms with Gasteiger partial charge in [-0.3, -0.25) is 4.79 Å². The van der Waals surface area contributed by atoms with Gasteiger partial charge in [-0.05, 0) is 24.3 Å². The number of carbonyl (C=O) groups is 1. The summed E-state index contributed by atoms with van der Waals surface area (Å²) in [6, 6.07) is -0.277. The third kappa shape index (κ3) is 2.93. The first-order valence-electron chi connectivity index (χ1n) is 4.81. The molecular weight excluding hydrogens is 264 g/mol. The molecule has 1 atom stereocenters. The number of nitrogens with one attached hydrogen (secondary N) is 1. The van der Waals surface area contributed by atoms with Crippen molar-refractivity contribution < 1.29 is 4.79 Å². The Morgan fingerprint density at radius 1 is 1.75 bits per heavy atom. The molecule has 1 aromatic rings. The Kier molecular flexibility index (Phi) is 4.70. The van der Waals surface area contributed by atoms with Crippen LogP contribution in [0.2, 0.25) is 5.02 Å². The number of aryl methyl sites for hydroxylation is 1. The summed E-state index contributed by atoms with van der Waals surface area (Å²) in [5.41, 5.74) is 6.41. The first kappa shape index (κ1) is 13.4. The van der Waals surface area contributed by atoms with Crippen LogP contribution in [-0.4, -0.2) is 16.9 Å². The van der Waals surface area contributed by atoms with Gasteiger partial charge in [0.05, 0.1) is 16.1 Å². The third-order valence-corrected chi connectivity index (χ3v) is 4.14. The van der Waals surface area contributed by atoms with Gasteiger partial charge in [0.25, 0.3) is 5.91 Å². The lowest BCUT2D eigenvalue weighted by atomic mass is 10.2. The van der Waals surface area contributed by atoms with Crippen molar-refractivity contribution in [2.75, 3.05) is 0 Å². The van der Waals surface area contributed by atoms with Crippen LogP contribution in [0.25, 0.3) is 0 Å². The lowest BCUT2D eigenvalue weighted by Gasteiger charge is -2.14. The zero-order valence-corrected chi connectivity index (χ0v) is 11.4. The summed E-state index contributed by atoms with van der Waals surface area (Å²) >= 11 is 12.2. The molecule has 1 amide bonds. The number of nitrogens with two attached hydrogens (primary N) is 1. The second-order valence-electron chi connectivity index (χ2n) is 3.40. The van der Waals surface area contributed by atoms with Gasteiger partial charge in [-0.1, -0.05) is 30.7 Å². The van der Waals surface area contributed by atoms with E-state index in [2.05, 4.69) is 5.32 Å². The Hall–Kier alpha value is -0.650. The Morgan fingerprint density at radius 2 is 2.38 bits per heavy atom. The zero-order valence-electron chi connectivity index (χ0n) is 9.04. The van der Waals surface area contributed by atoms with E-state index in [-0.39, 0.29) is 11.9 Å². The van der Waals surface area contributed by atoms with E-state index in [4.69, 9.17) is 29.6 Å². The SMILES string of the molecule is CCC(NC(=O)c1scc(C)c1Cl)C(N)=S. The molecule has 0 aliphatic heterocycles. The Bertz CT molecular complexity index is 417. The third-order valence-electron chi connectivity index (χ3n) is 2.16. The maximum absolute atomic E-state index is 11.9. The Labute approximate surface area is 109 Å². The maximum Gasteiger partial charge on any atom is 0.263 e. The monoisotopic (exact) mass is 276 g/mol. The minimum atomic E-state index is -0.277. The second-order valence-corrected chi connectivity index (χ2v) is 5.13. The normalized spacial score (nSPS) is 12.2. The smallest absolute Gasteiger partial charge is 0.263 e. The van der Waals surface area contributed by atoms with Crippen molar-refractivity contribution in [3.63, 3.8) is 0 Å². The predicted octanol–water partition coefficient (Wildman–Crippen LogP) is 2.50. The Balaban J connectivity index is 2.80. The first-order valence-corrected chi connectivity index (χ1v) is 6.47. The molecule has 0 radical (unpaired) electrons. The molecule has 1 unspecified atom stereocenters. The van der Waals surface area contributed by atoms with E-state index in [1.807, 2.05) is 19.2 Å². The van der Waals surface area contributed by atoms with E-state index in [1.165, 1.54) is 11.3 Å². The van der Waals surface area contributed by atoms with E-state index in [0.717, 1.165) is 5.56 Å². The minimum absolute atomic E-state index is 0.220. The molecule has 0 fully saturated rings. The summed E-state index contributed by atoms with van der Waals surface area (Å²) in [4.78, 5) is 12.7. The lowest BCUT2D eigenvalue weighted by Crippen LogP contribution is -2.42. The van der Waals surface area contributed by atoms with E-state index in [9.17, 15) is 4.79 Å². The molecule has 0 aliphatic carbocycles. The molecule has 0 aliphatic rings. The molecule has 0 aromatic carbocycles. The van der Waals surface area contributed by atoms with Crippen LogP contribution in [0.1, 0.15) is 28.6 Å². The van der Waals surface area contributed by atoms with Crippen molar-refractivity contribution >= 4 is 46.1 Å². The molecule has 1 aromatic heterocycles. The lowest BCUT2D eigenvalue weighted by molar-refractivity contribution is 0.0950. The van der Waals surface area contributed by atoms with Crippen LogP contribution in [0.3, 0.4) is 0 Å². The molecule has 16 heavy (non-hydrogen) atoms. The molecular formula is C10H13ClN2OS2. The number of carbonyl (C=O) groups excluding carboxylic acids is 1. The molecule has 1 rings (SSSR count). The molecule has 0 saturated carbocycles. The van der Waals surface area contributed by atoms with Gasteiger partial charge in [0.1, 0.15) is 4.88 Å². The highest BCUT2D eigenvalue weighted by atomic mass is 35.5. The van der Waals surface area contributed by atoms with Crippen LogP contribution in [0.5, 0.6) is 0 Å². The van der Waals surface area contributed by atoms with E-state index in [0.29, 0.717) is 21.3 Å². The Morgan fingerprint density at radius 3 is 2.75 bits per heavy atom. The van der Waals surface area contributed by atoms with Gasteiger partial charge in [-0.2, -0.15) is 0 Å². The fourth-order valence-electron chi connectivity index (χ4n) is 1.18. The van der Waals surface area contributed by atoms with Crippen molar-refractivity contribution in [3.8, 4) is 0 Å². The fourth-order valence-corrected chi connectivity index (χ4v) is 2.59. The summed E-state index contributed by atoms with van der Waals surface area (Å²) in [6.07, 6.45) is 0.670. The van der Waals surface area contributed by atoms with Gasteiger partial charge < -0.3 is 11.1 Å². The van der Waals surface area contributed by atoms with Crippen LogP contribution in [-0.2, 0) is 0 Å². The van der Waals surface area contributed by atoms with Crippen molar-refractivity contribution in [2.24, 2.45) is 5.73 Å². The number of thiocarbonyl (C=S) groups is 1. The standard InChI is InChI=1S/C10H13ClN2OS2/c1-3-6(9(12)15)13-10(14)8-7(11)5(2)4-16-8/h4,6H,3H2,1-2H3,(H2,12,15)(H,13,14). The number of rotatable bonds is 4. The highest BCUT2D eigenvalue weighted by molar-refractivity contribution is 7.80. The average molecular weight is 277 g/mol. The molecule has 3 nitrogen and oxygen atoms in total. The topological polar surface area (TPSA) is 55.1 Å². The second kappa shape index (κ2) is 5.61. The zero-order chi connectivity index (χ0) is 12.3.